The van der Waals surface area contributed by atoms with Crippen molar-refractivity contribution in [2.45, 2.75) is 20.4 Å². The maximum atomic E-state index is 15.0. The third kappa shape index (κ3) is 7.76. The lowest BCUT2D eigenvalue weighted by Crippen LogP contribution is -2.40. The summed E-state index contributed by atoms with van der Waals surface area (Å²) in [7, 11) is -3.67. The van der Waals surface area contributed by atoms with E-state index in [1.807, 2.05) is 29.0 Å². The van der Waals surface area contributed by atoms with Crippen molar-refractivity contribution < 1.29 is 32.0 Å². The normalized spacial score (nSPS) is 11.7. The fraction of sp³-hybridized carbons (Fsp3) is 0.259. The highest BCUT2D eigenvalue weighted by molar-refractivity contribution is 7.85. The number of nitrogens with zero attached hydrogens (tertiary/aromatic N) is 4. The van der Waals surface area contributed by atoms with E-state index in [0.717, 1.165) is 15.6 Å². The summed E-state index contributed by atoms with van der Waals surface area (Å²) in [5.41, 5.74) is 1.06. The molecule has 0 fully saturated rings. The summed E-state index contributed by atoms with van der Waals surface area (Å²) in [5, 5.41) is 16.2. The molecule has 12 nitrogen and oxygen atoms in total. The molecule has 0 spiro atoms. The van der Waals surface area contributed by atoms with Gasteiger partial charge in [0.25, 0.3) is 10.1 Å². The molecule has 5 aromatic rings. The van der Waals surface area contributed by atoms with Gasteiger partial charge in [-0.1, -0.05) is 6.07 Å². The number of benzene rings is 2. The summed E-state index contributed by atoms with van der Waals surface area (Å²) in [6.07, 6.45) is 5.71. The number of rotatable bonds is 9. The molecule has 0 aliphatic heterocycles. The molecule has 222 valence electrons. The Morgan fingerprint density at radius 1 is 1.17 bits per heavy atom. The van der Waals surface area contributed by atoms with E-state index in [2.05, 4.69) is 25.0 Å². The van der Waals surface area contributed by atoms with Crippen LogP contribution in [0.3, 0.4) is 0 Å². The molecule has 0 radical (unpaired) electrons. The Hall–Kier alpha value is -4.18. The van der Waals surface area contributed by atoms with E-state index in [0.29, 0.717) is 42.1 Å². The number of carbonyl (C=O) groups is 1. The van der Waals surface area contributed by atoms with Crippen molar-refractivity contribution in [3.8, 4) is 11.5 Å². The van der Waals surface area contributed by atoms with Crippen molar-refractivity contribution in [1.82, 2.24) is 24.2 Å². The monoisotopic (exact) mass is 616 g/mol. The van der Waals surface area contributed by atoms with Gasteiger partial charge < -0.3 is 25.0 Å². The number of hydrogen-bond donors (Lipinski definition) is 4. The van der Waals surface area contributed by atoms with E-state index >= 15 is 0 Å². The standard InChI is InChI=1S/C26H25FN6O3S.CH4O3S/c1-26(2,14-34)25(35)28-9-11-33-10-8-19-23(33)24(30-15-29-19)32-16-6-7-21(18(27)12-16)36-20-4-3-5-22-17(20)13-31-37-22;1-5(2,3)4/h3-8,10,12-13,15,34H,9,11,14H2,1-2H3,(H,28,35)(H,29,30,32);1H3,(H,2,3,4). The first-order chi connectivity index (χ1) is 19.9. The fourth-order valence-corrected chi connectivity index (χ4v) is 4.45. The summed E-state index contributed by atoms with van der Waals surface area (Å²) >= 11 is 1.35. The molecule has 2 aromatic carbocycles. The molecular weight excluding hydrogens is 587 g/mol. The average molecular weight is 617 g/mol. The third-order valence-electron chi connectivity index (χ3n) is 5.97. The van der Waals surface area contributed by atoms with Gasteiger partial charge in [0, 0.05) is 31.0 Å². The number of fused-ring (bicyclic) bond motifs is 2. The van der Waals surface area contributed by atoms with Crippen LogP contribution in [0, 0.1) is 11.2 Å². The highest BCUT2D eigenvalue weighted by Gasteiger charge is 2.26. The zero-order valence-electron chi connectivity index (χ0n) is 22.9. The number of anilines is 2. The van der Waals surface area contributed by atoms with Gasteiger partial charge in [-0.2, -0.15) is 12.8 Å². The first kappa shape index (κ1) is 30.8. The van der Waals surface area contributed by atoms with E-state index < -0.39 is 21.4 Å². The van der Waals surface area contributed by atoms with E-state index in [-0.39, 0.29) is 18.3 Å². The van der Waals surface area contributed by atoms with Crippen molar-refractivity contribution in [2.24, 2.45) is 5.41 Å². The zero-order chi connectivity index (χ0) is 30.5. The summed E-state index contributed by atoms with van der Waals surface area (Å²) in [6, 6.07) is 12.0. The van der Waals surface area contributed by atoms with Crippen LogP contribution in [0.2, 0.25) is 0 Å². The number of amides is 1. The number of aliphatic hydroxyl groups excluding tert-OH is 1. The molecular formula is C27H29FN6O6S2. The average Bonchev–Trinajstić information content (AvgIpc) is 3.58. The van der Waals surface area contributed by atoms with Gasteiger partial charge in [0.05, 0.1) is 40.1 Å². The predicted octanol–water partition coefficient (Wildman–Crippen LogP) is 4.35. The van der Waals surface area contributed by atoms with Crippen LogP contribution in [0.1, 0.15) is 13.8 Å². The molecule has 42 heavy (non-hydrogen) atoms. The van der Waals surface area contributed by atoms with E-state index in [9.17, 15) is 22.7 Å². The first-order valence-electron chi connectivity index (χ1n) is 12.5. The second kappa shape index (κ2) is 12.8. The minimum Gasteiger partial charge on any atom is -0.454 e. The topological polar surface area (TPSA) is 169 Å². The Kier molecular flexibility index (Phi) is 9.36. The van der Waals surface area contributed by atoms with Crippen LogP contribution in [0.5, 0.6) is 11.5 Å². The molecule has 0 unspecified atom stereocenters. The van der Waals surface area contributed by atoms with Crippen LogP contribution in [0.25, 0.3) is 21.1 Å². The van der Waals surface area contributed by atoms with E-state index in [1.165, 1.54) is 23.9 Å². The van der Waals surface area contributed by atoms with Crippen molar-refractivity contribution in [3.05, 3.63) is 67.0 Å². The molecule has 4 N–H and O–H groups in total. The molecule has 1 amide bonds. The second-order valence-electron chi connectivity index (χ2n) is 9.86. The van der Waals surface area contributed by atoms with Crippen LogP contribution in [-0.2, 0) is 21.5 Å². The Labute approximate surface area is 245 Å². The van der Waals surface area contributed by atoms with Crippen molar-refractivity contribution >= 4 is 60.2 Å². The lowest BCUT2D eigenvalue weighted by molar-refractivity contribution is -0.131. The maximum absolute atomic E-state index is 15.0. The highest BCUT2D eigenvalue weighted by atomic mass is 32.2. The van der Waals surface area contributed by atoms with Crippen molar-refractivity contribution in [1.29, 1.82) is 0 Å². The van der Waals surface area contributed by atoms with E-state index in [1.54, 1.807) is 38.2 Å². The van der Waals surface area contributed by atoms with E-state index in [4.69, 9.17) is 9.29 Å². The molecule has 15 heteroatoms. The maximum Gasteiger partial charge on any atom is 0.261 e. The van der Waals surface area contributed by atoms with Gasteiger partial charge in [-0.05, 0) is 55.7 Å². The van der Waals surface area contributed by atoms with Crippen molar-refractivity contribution in [3.63, 3.8) is 0 Å². The van der Waals surface area contributed by atoms with Gasteiger partial charge in [0.2, 0.25) is 5.91 Å². The minimum absolute atomic E-state index is 0.0991. The Morgan fingerprint density at radius 3 is 2.64 bits per heavy atom. The number of aromatic nitrogens is 4. The second-order valence-corrected chi connectivity index (χ2v) is 12.2. The summed E-state index contributed by atoms with van der Waals surface area (Å²) in [5.74, 6) is 0.377. The molecule has 0 saturated carbocycles. The van der Waals surface area contributed by atoms with Crippen LogP contribution in [0.15, 0.2) is 61.2 Å². The number of carbonyl (C=O) groups excluding carboxylic acids is 1. The first-order valence-corrected chi connectivity index (χ1v) is 15.2. The highest BCUT2D eigenvalue weighted by Crippen LogP contribution is 2.34. The lowest BCUT2D eigenvalue weighted by Gasteiger charge is -2.20. The number of halogens is 1. The van der Waals surface area contributed by atoms with Gasteiger partial charge in [0.15, 0.2) is 17.4 Å². The summed E-state index contributed by atoms with van der Waals surface area (Å²) < 4.78 is 53.7. The molecule has 0 atom stereocenters. The molecule has 0 aliphatic rings. The molecule has 5 rings (SSSR count). The number of aliphatic hydroxyl groups is 1. The van der Waals surface area contributed by atoms with Gasteiger partial charge in [0.1, 0.15) is 17.6 Å². The fourth-order valence-electron chi connectivity index (χ4n) is 3.78. The summed E-state index contributed by atoms with van der Waals surface area (Å²) in [6.45, 7) is 3.93. The van der Waals surface area contributed by atoms with Gasteiger partial charge in [-0.3, -0.25) is 9.35 Å². The van der Waals surface area contributed by atoms with Gasteiger partial charge in [-0.15, -0.1) is 0 Å². The molecule has 0 saturated heterocycles. The molecule has 3 heterocycles. The Morgan fingerprint density at radius 2 is 1.93 bits per heavy atom. The quantitative estimate of drug-likeness (QED) is 0.175. The Balaban J connectivity index is 0.000000748. The van der Waals surface area contributed by atoms with Gasteiger partial charge in [-0.25, -0.2) is 14.4 Å². The summed E-state index contributed by atoms with van der Waals surface area (Å²) in [4.78, 5) is 20.9. The zero-order valence-corrected chi connectivity index (χ0v) is 24.5. The largest absolute Gasteiger partial charge is 0.454 e. The van der Waals surface area contributed by atoms with Crippen LogP contribution in [-0.4, -0.2) is 62.3 Å². The number of nitrogens with one attached hydrogen (secondary N) is 2. The molecule has 0 aliphatic carbocycles. The predicted molar refractivity (Wildman–Crippen MR) is 158 cm³/mol. The van der Waals surface area contributed by atoms with Crippen LogP contribution < -0.4 is 15.4 Å². The van der Waals surface area contributed by atoms with Gasteiger partial charge >= 0.3 is 0 Å². The SMILES string of the molecule is CC(C)(CO)C(=O)NCCn1ccc2ncnc(Nc3ccc(Oc4cccc5sncc45)c(F)c3)c21.CS(=O)(=O)O. The number of ether oxygens (including phenoxy) is 1. The molecule has 3 aromatic heterocycles. The van der Waals surface area contributed by atoms with Crippen LogP contribution in [0.4, 0.5) is 15.9 Å². The van der Waals surface area contributed by atoms with Crippen LogP contribution >= 0.6 is 11.5 Å². The van der Waals surface area contributed by atoms with Crippen molar-refractivity contribution in [2.75, 3.05) is 24.7 Å². The smallest absolute Gasteiger partial charge is 0.261 e. The third-order valence-corrected chi connectivity index (χ3v) is 6.74. The Bertz CT molecular complexity index is 1810. The minimum atomic E-state index is -3.67. The lowest BCUT2D eigenvalue weighted by atomic mass is 9.94. The number of hydrogen-bond acceptors (Lipinski definition) is 10. The molecule has 0 bridgehead atoms.